The van der Waals surface area contributed by atoms with Gasteiger partial charge in [-0.1, -0.05) is 19.0 Å². The summed E-state index contributed by atoms with van der Waals surface area (Å²) in [5.74, 6) is 1.77. The van der Waals surface area contributed by atoms with Gasteiger partial charge in [0.25, 0.3) is 0 Å². The number of nitrogens with zero attached hydrogens (tertiary/aromatic N) is 1. The van der Waals surface area contributed by atoms with E-state index in [2.05, 4.69) is 19.0 Å². The van der Waals surface area contributed by atoms with Gasteiger partial charge in [0.15, 0.2) is 0 Å². The molecule has 4 aliphatic carbocycles. The molecule has 4 rings (SSSR count). The van der Waals surface area contributed by atoms with E-state index < -0.39 is 0 Å². The number of Topliss-reactive ketones (excluding diaryl/α,β-unsaturated/α-hetero) is 1. The standard InChI is InChI=1S/C22H35N3O3.ClH/c1-21-7-5-13(25-28-10-9-23)11-18(21)15(20(24)27)12-14-16-3-4-19(26)22(16,2)8-6-17(14)21;/h14-18H,3-12,23H2,1-2H3,(H2,24,27);1H/b25-13-;/t14-,15-,16-,17-,18?,21+,22-;/m0./s1. The molecule has 4 N–H and O–H groups in total. The van der Waals surface area contributed by atoms with Crippen molar-refractivity contribution in [3.8, 4) is 0 Å². The van der Waals surface area contributed by atoms with Crippen LogP contribution in [0.25, 0.3) is 0 Å². The summed E-state index contributed by atoms with van der Waals surface area (Å²) in [6.07, 6.45) is 7.35. The largest absolute Gasteiger partial charge is 0.395 e. The van der Waals surface area contributed by atoms with Gasteiger partial charge >= 0.3 is 0 Å². The summed E-state index contributed by atoms with van der Waals surface area (Å²) in [5.41, 5.74) is 12.4. The summed E-state index contributed by atoms with van der Waals surface area (Å²) >= 11 is 0. The fraction of sp³-hybridized carbons (Fsp3) is 0.864. The van der Waals surface area contributed by atoms with Gasteiger partial charge in [-0.3, -0.25) is 9.59 Å². The summed E-state index contributed by atoms with van der Waals surface area (Å²) in [7, 11) is 0. The van der Waals surface area contributed by atoms with Gasteiger partial charge in [-0.25, -0.2) is 0 Å². The molecular formula is C22H36ClN3O3. The first-order valence-electron chi connectivity index (χ1n) is 11.0. The zero-order chi connectivity index (χ0) is 20.1. The molecule has 0 radical (unpaired) electrons. The zero-order valence-electron chi connectivity index (χ0n) is 17.7. The van der Waals surface area contributed by atoms with Crippen LogP contribution >= 0.6 is 12.4 Å². The normalized spacial score (nSPS) is 45.0. The highest BCUT2D eigenvalue weighted by atomic mass is 35.5. The van der Waals surface area contributed by atoms with Crippen molar-refractivity contribution in [2.24, 2.45) is 57.0 Å². The molecule has 0 spiro atoms. The number of halogens is 1. The predicted octanol–water partition coefficient (Wildman–Crippen LogP) is 3.06. The van der Waals surface area contributed by atoms with E-state index in [0.29, 0.717) is 43.1 Å². The highest BCUT2D eigenvalue weighted by molar-refractivity contribution is 5.88. The van der Waals surface area contributed by atoms with E-state index in [4.69, 9.17) is 16.3 Å². The lowest BCUT2D eigenvalue weighted by Crippen LogP contribution is -2.58. The maximum absolute atomic E-state index is 12.6. The van der Waals surface area contributed by atoms with E-state index in [1.165, 1.54) is 0 Å². The number of amides is 1. The lowest BCUT2D eigenvalue weighted by atomic mass is 9.43. The van der Waals surface area contributed by atoms with Crippen LogP contribution in [0, 0.1) is 40.4 Å². The number of fused-ring (bicyclic) bond motifs is 5. The Morgan fingerprint density at radius 2 is 1.93 bits per heavy atom. The number of oxime groups is 1. The van der Waals surface area contributed by atoms with Gasteiger partial charge in [-0.15, -0.1) is 12.4 Å². The summed E-state index contributed by atoms with van der Waals surface area (Å²) in [5, 5.41) is 4.31. The second-order valence-electron chi connectivity index (χ2n) is 10.1. The number of carbonyl (C=O) groups is 2. The van der Waals surface area contributed by atoms with Gasteiger partial charge in [0, 0.05) is 24.3 Å². The first kappa shape index (κ1) is 22.5. The van der Waals surface area contributed by atoms with Gasteiger partial charge in [0.2, 0.25) is 5.91 Å². The molecule has 7 atom stereocenters. The quantitative estimate of drug-likeness (QED) is 0.532. The molecular weight excluding hydrogens is 390 g/mol. The third kappa shape index (κ3) is 3.50. The van der Waals surface area contributed by atoms with E-state index in [9.17, 15) is 9.59 Å². The Labute approximate surface area is 179 Å². The molecule has 4 aliphatic rings. The van der Waals surface area contributed by atoms with Crippen LogP contribution in [0.3, 0.4) is 0 Å². The molecule has 0 aromatic rings. The highest BCUT2D eigenvalue weighted by Gasteiger charge is 2.62. The number of rotatable bonds is 4. The summed E-state index contributed by atoms with van der Waals surface area (Å²) in [4.78, 5) is 30.4. The van der Waals surface area contributed by atoms with E-state index in [1.54, 1.807) is 0 Å². The Morgan fingerprint density at radius 1 is 1.17 bits per heavy atom. The molecule has 0 aliphatic heterocycles. The van der Waals surface area contributed by atoms with E-state index >= 15 is 0 Å². The zero-order valence-corrected chi connectivity index (χ0v) is 18.5. The van der Waals surface area contributed by atoms with Gasteiger partial charge < -0.3 is 16.3 Å². The second-order valence-corrected chi connectivity index (χ2v) is 10.1. The Morgan fingerprint density at radius 3 is 2.62 bits per heavy atom. The summed E-state index contributed by atoms with van der Waals surface area (Å²) < 4.78 is 0. The van der Waals surface area contributed by atoms with Gasteiger partial charge in [0.05, 0.1) is 5.71 Å². The number of nitrogens with two attached hydrogens (primary N) is 2. The summed E-state index contributed by atoms with van der Waals surface area (Å²) in [6, 6.07) is 0. The molecule has 7 heteroatoms. The molecule has 0 heterocycles. The topological polar surface area (TPSA) is 108 Å². The van der Waals surface area contributed by atoms with Crippen molar-refractivity contribution < 1.29 is 14.4 Å². The van der Waals surface area contributed by atoms with Crippen molar-refractivity contribution in [1.29, 1.82) is 0 Å². The maximum atomic E-state index is 12.6. The van der Waals surface area contributed by atoms with E-state index in [-0.39, 0.29) is 41.0 Å². The van der Waals surface area contributed by atoms with Crippen molar-refractivity contribution >= 4 is 29.8 Å². The second kappa shape index (κ2) is 8.18. The minimum absolute atomic E-state index is 0. The SMILES string of the molecule is C[C@]12CC/C(=N/OCCN)CC1[C@@H](C(N)=O)C[C@@H]1[C@@H]2CC[C@]2(C)C(=O)CC[C@@H]12.Cl. The van der Waals surface area contributed by atoms with Crippen LogP contribution < -0.4 is 11.5 Å². The molecule has 0 aromatic heterocycles. The first-order valence-corrected chi connectivity index (χ1v) is 11.0. The van der Waals surface area contributed by atoms with Crippen LogP contribution in [0.15, 0.2) is 5.16 Å². The van der Waals surface area contributed by atoms with Crippen molar-refractivity contribution in [2.45, 2.75) is 65.2 Å². The van der Waals surface area contributed by atoms with Crippen LogP contribution in [-0.4, -0.2) is 30.6 Å². The van der Waals surface area contributed by atoms with E-state index in [1.807, 2.05) is 0 Å². The molecule has 1 amide bonds. The average Bonchev–Trinajstić information content (AvgIpc) is 2.96. The monoisotopic (exact) mass is 425 g/mol. The number of primary amides is 1. The van der Waals surface area contributed by atoms with Gasteiger partial charge in [-0.05, 0) is 74.0 Å². The first-order chi connectivity index (χ1) is 13.3. The van der Waals surface area contributed by atoms with E-state index in [0.717, 1.165) is 50.7 Å². The van der Waals surface area contributed by atoms with Gasteiger partial charge in [0.1, 0.15) is 12.4 Å². The lowest BCUT2D eigenvalue weighted by Gasteiger charge is -2.61. The van der Waals surface area contributed by atoms with Crippen LogP contribution in [-0.2, 0) is 14.4 Å². The van der Waals surface area contributed by atoms with Gasteiger partial charge in [-0.2, -0.15) is 0 Å². The molecule has 1 unspecified atom stereocenters. The molecule has 29 heavy (non-hydrogen) atoms. The molecule has 4 fully saturated rings. The third-order valence-corrected chi connectivity index (χ3v) is 9.03. The number of hydrogen-bond acceptors (Lipinski definition) is 5. The Hall–Kier alpha value is -1.14. The molecule has 6 nitrogen and oxygen atoms in total. The molecule has 164 valence electrons. The van der Waals surface area contributed by atoms with Crippen LogP contribution in [0.2, 0.25) is 0 Å². The lowest BCUT2D eigenvalue weighted by molar-refractivity contribution is -0.150. The molecule has 0 bridgehead atoms. The maximum Gasteiger partial charge on any atom is 0.220 e. The fourth-order valence-corrected chi connectivity index (χ4v) is 7.50. The van der Waals surface area contributed by atoms with Crippen molar-refractivity contribution in [3.05, 3.63) is 0 Å². The summed E-state index contributed by atoms with van der Waals surface area (Å²) in [6.45, 7) is 5.42. The molecule has 0 saturated heterocycles. The predicted molar refractivity (Wildman–Crippen MR) is 114 cm³/mol. The Bertz CT molecular complexity index is 699. The minimum Gasteiger partial charge on any atom is -0.395 e. The number of hydrogen-bond donors (Lipinski definition) is 2. The van der Waals surface area contributed by atoms with Crippen LogP contribution in [0.1, 0.15) is 65.2 Å². The minimum atomic E-state index is -0.185. The third-order valence-electron chi connectivity index (χ3n) is 9.03. The van der Waals surface area contributed by atoms with Crippen LogP contribution in [0.5, 0.6) is 0 Å². The number of carbonyl (C=O) groups excluding carboxylic acids is 2. The van der Waals surface area contributed by atoms with Crippen LogP contribution in [0.4, 0.5) is 0 Å². The number of ketones is 1. The highest BCUT2D eigenvalue weighted by Crippen LogP contribution is 2.66. The molecule has 0 aromatic carbocycles. The smallest absolute Gasteiger partial charge is 0.220 e. The van der Waals surface area contributed by atoms with Crippen molar-refractivity contribution in [2.75, 3.05) is 13.2 Å². The average molecular weight is 426 g/mol. The fourth-order valence-electron chi connectivity index (χ4n) is 7.50. The van der Waals surface area contributed by atoms with Crippen molar-refractivity contribution in [1.82, 2.24) is 0 Å². The molecule has 4 saturated carbocycles. The Kier molecular flexibility index (Phi) is 6.36. The van der Waals surface area contributed by atoms with Crippen molar-refractivity contribution in [3.63, 3.8) is 0 Å². The Balaban J connectivity index is 0.00000240.